The Bertz CT molecular complexity index is 316. The lowest BCUT2D eigenvalue weighted by Gasteiger charge is -2.21. The van der Waals surface area contributed by atoms with E-state index < -0.39 is 0 Å². The third-order valence-electron chi connectivity index (χ3n) is 5.21. The summed E-state index contributed by atoms with van der Waals surface area (Å²) in [6.45, 7) is 8.13. The van der Waals surface area contributed by atoms with Crippen LogP contribution in [0.4, 0.5) is 0 Å². The van der Waals surface area contributed by atoms with Gasteiger partial charge < -0.3 is 23.8 Å². The third-order valence-corrected chi connectivity index (χ3v) is 5.21. The first-order valence-electron chi connectivity index (χ1n) is 12.7. The first kappa shape index (κ1) is 29.8. The summed E-state index contributed by atoms with van der Waals surface area (Å²) in [7, 11) is 4.10. The van der Waals surface area contributed by atoms with Gasteiger partial charge in [0.2, 0.25) is 0 Å². The van der Waals surface area contributed by atoms with Crippen LogP contribution in [0.3, 0.4) is 0 Å². The van der Waals surface area contributed by atoms with Gasteiger partial charge in [0.05, 0.1) is 12.7 Å². The third kappa shape index (κ3) is 24.1. The van der Waals surface area contributed by atoms with Crippen molar-refractivity contribution in [2.24, 2.45) is 0 Å². The molecule has 0 bridgehead atoms. The van der Waals surface area contributed by atoms with Crippen LogP contribution < -0.4 is 0 Å². The van der Waals surface area contributed by atoms with Gasteiger partial charge in [-0.3, -0.25) is 0 Å². The van der Waals surface area contributed by atoms with E-state index in [2.05, 4.69) is 18.7 Å². The molecule has 5 nitrogen and oxygen atoms in total. The van der Waals surface area contributed by atoms with Crippen LogP contribution in [-0.4, -0.2) is 65.1 Å². The molecule has 0 N–H and O–H groups in total. The molecule has 182 valence electrons. The Morgan fingerprint density at radius 3 is 1.53 bits per heavy atom. The lowest BCUT2D eigenvalue weighted by molar-refractivity contribution is -0.137. The number of unbranched alkanes of at least 4 members (excludes halogenated alkanes) is 12. The fraction of sp³-hybridized carbons (Fsp3) is 1.00. The normalized spacial score (nSPS) is 12.7. The van der Waals surface area contributed by atoms with Crippen LogP contribution in [0.15, 0.2) is 0 Å². The quantitative estimate of drug-likeness (QED) is 0.124. The second-order valence-corrected chi connectivity index (χ2v) is 8.72. The number of hydrogen-bond acceptors (Lipinski definition) is 5. The molecule has 0 aromatic heterocycles. The molecule has 0 aromatic carbocycles. The van der Waals surface area contributed by atoms with Crippen LogP contribution in [0.5, 0.6) is 0 Å². The molecule has 0 saturated carbocycles. The fourth-order valence-electron chi connectivity index (χ4n) is 3.38. The summed E-state index contributed by atoms with van der Waals surface area (Å²) in [4.78, 5) is 2.11. The molecule has 0 saturated heterocycles. The highest BCUT2D eigenvalue weighted by Gasteiger charge is 2.11. The van der Waals surface area contributed by atoms with E-state index in [1.807, 2.05) is 14.1 Å². The van der Waals surface area contributed by atoms with Crippen LogP contribution in [0.2, 0.25) is 0 Å². The number of ether oxygens (including phenoxy) is 4. The van der Waals surface area contributed by atoms with E-state index in [9.17, 15) is 0 Å². The molecule has 0 spiro atoms. The van der Waals surface area contributed by atoms with Crippen LogP contribution in [-0.2, 0) is 18.9 Å². The number of likely N-dealkylation sites (N-methyl/N-ethyl adjacent to an activating group) is 1. The molecular formula is C25H53NO4. The summed E-state index contributed by atoms with van der Waals surface area (Å²) >= 11 is 0. The van der Waals surface area contributed by atoms with E-state index in [-0.39, 0.29) is 6.10 Å². The van der Waals surface area contributed by atoms with Crippen molar-refractivity contribution in [1.82, 2.24) is 4.90 Å². The lowest BCUT2D eigenvalue weighted by atomic mass is 10.1. The summed E-state index contributed by atoms with van der Waals surface area (Å²) in [5.41, 5.74) is 0. The van der Waals surface area contributed by atoms with Crippen molar-refractivity contribution >= 4 is 0 Å². The van der Waals surface area contributed by atoms with Gasteiger partial charge in [0, 0.05) is 19.8 Å². The van der Waals surface area contributed by atoms with E-state index in [4.69, 9.17) is 18.9 Å². The topological polar surface area (TPSA) is 40.2 Å². The average molecular weight is 432 g/mol. The minimum absolute atomic E-state index is 0.0104. The van der Waals surface area contributed by atoms with Crippen molar-refractivity contribution in [3.63, 3.8) is 0 Å². The Labute approximate surface area is 188 Å². The predicted molar refractivity (Wildman–Crippen MR) is 127 cm³/mol. The zero-order valence-electron chi connectivity index (χ0n) is 20.8. The highest BCUT2D eigenvalue weighted by molar-refractivity contribution is 4.59. The molecular weight excluding hydrogens is 378 g/mol. The average Bonchev–Trinajstić information content (AvgIpc) is 2.72. The summed E-state index contributed by atoms with van der Waals surface area (Å²) in [5, 5.41) is 0. The summed E-state index contributed by atoms with van der Waals surface area (Å²) in [6, 6.07) is 0. The van der Waals surface area contributed by atoms with Crippen molar-refractivity contribution < 1.29 is 18.9 Å². The molecule has 1 atom stereocenters. The van der Waals surface area contributed by atoms with E-state index in [0.717, 1.165) is 32.6 Å². The maximum atomic E-state index is 5.86. The molecule has 0 amide bonds. The number of hydrogen-bond donors (Lipinski definition) is 0. The molecule has 5 heteroatoms. The van der Waals surface area contributed by atoms with Crippen LogP contribution in [0, 0.1) is 0 Å². The Kier molecular flexibility index (Phi) is 24.9. The van der Waals surface area contributed by atoms with Gasteiger partial charge in [-0.1, -0.05) is 90.9 Å². The van der Waals surface area contributed by atoms with Crippen molar-refractivity contribution in [3.05, 3.63) is 0 Å². The van der Waals surface area contributed by atoms with E-state index in [0.29, 0.717) is 20.2 Å². The first-order chi connectivity index (χ1) is 14.7. The van der Waals surface area contributed by atoms with E-state index >= 15 is 0 Å². The van der Waals surface area contributed by atoms with Crippen LogP contribution in [0.1, 0.15) is 104 Å². The Morgan fingerprint density at radius 2 is 1.03 bits per heavy atom. The summed E-state index contributed by atoms with van der Waals surface area (Å²) in [6.07, 6.45) is 18.2. The summed E-state index contributed by atoms with van der Waals surface area (Å²) in [5.74, 6) is 0. The Hall–Kier alpha value is -0.200. The molecule has 0 heterocycles. The van der Waals surface area contributed by atoms with Crippen molar-refractivity contribution in [2.45, 2.75) is 110 Å². The maximum absolute atomic E-state index is 5.86. The highest BCUT2D eigenvalue weighted by Crippen LogP contribution is 2.08. The van der Waals surface area contributed by atoms with Gasteiger partial charge in [0.25, 0.3) is 0 Å². The maximum Gasteiger partial charge on any atom is 0.147 e. The standard InChI is InChI=1S/C25H53NO4/c1-5-7-9-11-13-15-17-19-27-23-29-22-25(21-26(3)4)30-24-28-20-18-16-14-12-10-8-6-2/h25H,5-24H2,1-4H3. The second kappa shape index (κ2) is 25.1. The molecule has 0 rings (SSSR count). The zero-order valence-corrected chi connectivity index (χ0v) is 20.8. The van der Waals surface area contributed by atoms with Gasteiger partial charge in [-0.05, 0) is 26.9 Å². The van der Waals surface area contributed by atoms with E-state index in [1.54, 1.807) is 0 Å². The lowest BCUT2D eigenvalue weighted by Crippen LogP contribution is -2.33. The SMILES string of the molecule is CCCCCCCCCOCOCC(CN(C)C)OCOCCCCCCCCC. The second-order valence-electron chi connectivity index (χ2n) is 8.72. The number of rotatable bonds is 25. The van der Waals surface area contributed by atoms with Crippen molar-refractivity contribution in [2.75, 3.05) is 54.0 Å². The van der Waals surface area contributed by atoms with Gasteiger partial charge >= 0.3 is 0 Å². The van der Waals surface area contributed by atoms with E-state index in [1.165, 1.54) is 77.0 Å². The van der Waals surface area contributed by atoms with Gasteiger partial charge in [-0.15, -0.1) is 0 Å². The minimum Gasteiger partial charge on any atom is -0.355 e. The molecule has 0 aliphatic heterocycles. The Balaban J connectivity index is 3.54. The zero-order chi connectivity index (χ0) is 22.1. The molecule has 0 aliphatic rings. The predicted octanol–water partition coefficient (Wildman–Crippen LogP) is 6.40. The molecule has 0 fully saturated rings. The smallest absolute Gasteiger partial charge is 0.147 e. The van der Waals surface area contributed by atoms with Gasteiger partial charge in [-0.2, -0.15) is 0 Å². The van der Waals surface area contributed by atoms with Gasteiger partial charge in [0.1, 0.15) is 13.6 Å². The van der Waals surface area contributed by atoms with Crippen molar-refractivity contribution in [1.29, 1.82) is 0 Å². The summed E-state index contributed by atoms with van der Waals surface area (Å²) < 4.78 is 22.8. The monoisotopic (exact) mass is 431 g/mol. The molecule has 0 aromatic rings. The molecule has 0 aliphatic carbocycles. The first-order valence-corrected chi connectivity index (χ1v) is 12.7. The highest BCUT2D eigenvalue weighted by atomic mass is 16.7. The van der Waals surface area contributed by atoms with Crippen molar-refractivity contribution in [3.8, 4) is 0 Å². The van der Waals surface area contributed by atoms with Gasteiger partial charge in [0.15, 0.2) is 0 Å². The van der Waals surface area contributed by atoms with Crippen LogP contribution >= 0.6 is 0 Å². The molecule has 1 unspecified atom stereocenters. The molecule has 0 radical (unpaired) electrons. The Morgan fingerprint density at radius 1 is 0.567 bits per heavy atom. The number of nitrogens with zero attached hydrogens (tertiary/aromatic N) is 1. The van der Waals surface area contributed by atoms with Crippen LogP contribution in [0.25, 0.3) is 0 Å². The minimum atomic E-state index is 0.0104. The fourth-order valence-corrected chi connectivity index (χ4v) is 3.38. The largest absolute Gasteiger partial charge is 0.355 e. The molecule has 30 heavy (non-hydrogen) atoms. The van der Waals surface area contributed by atoms with Gasteiger partial charge in [-0.25, -0.2) is 0 Å².